The number of rotatable bonds is 9. The topological polar surface area (TPSA) is 41.5 Å². The number of hydrogen-bond donors (Lipinski definition) is 2. The summed E-state index contributed by atoms with van der Waals surface area (Å²) >= 11 is 0. The van der Waals surface area contributed by atoms with Gasteiger partial charge >= 0.3 is 0 Å². The quantitative estimate of drug-likeness (QED) is 0.680. The summed E-state index contributed by atoms with van der Waals surface area (Å²) in [6, 6.07) is 4.09. The zero-order valence-electron chi connectivity index (χ0n) is 13.3. The molecule has 1 unspecified atom stereocenters. The van der Waals surface area contributed by atoms with Crippen LogP contribution in [-0.2, 0) is 0 Å². The Hall–Kier alpha value is -1.06. The van der Waals surface area contributed by atoms with Crippen LogP contribution in [0.5, 0.6) is 5.75 Å². The van der Waals surface area contributed by atoms with E-state index in [9.17, 15) is 5.11 Å². The molecule has 1 rings (SSSR count). The van der Waals surface area contributed by atoms with E-state index in [1.54, 1.807) is 7.11 Å². The Kier molecular flexibility index (Phi) is 7.63. The molecule has 3 nitrogen and oxygen atoms in total. The fraction of sp³-hybridized carbons (Fsp3) is 0.647. The monoisotopic (exact) mass is 279 g/mol. The van der Waals surface area contributed by atoms with Gasteiger partial charge < -0.3 is 15.2 Å². The van der Waals surface area contributed by atoms with Gasteiger partial charge in [-0.15, -0.1) is 0 Å². The molecule has 0 aromatic heterocycles. The van der Waals surface area contributed by atoms with Crippen LogP contribution >= 0.6 is 0 Å². The van der Waals surface area contributed by atoms with Crippen LogP contribution in [0.15, 0.2) is 12.1 Å². The Balaban J connectivity index is 2.52. The van der Waals surface area contributed by atoms with Crippen LogP contribution in [0.3, 0.4) is 0 Å². The summed E-state index contributed by atoms with van der Waals surface area (Å²) in [6.07, 6.45) is 4.45. The van der Waals surface area contributed by atoms with E-state index in [4.69, 9.17) is 4.74 Å². The molecule has 114 valence electrons. The van der Waals surface area contributed by atoms with E-state index in [1.807, 2.05) is 19.9 Å². The number of aliphatic hydroxyl groups excluding tert-OH is 1. The zero-order valence-corrected chi connectivity index (χ0v) is 13.3. The second kappa shape index (κ2) is 8.98. The van der Waals surface area contributed by atoms with Gasteiger partial charge in [0.05, 0.1) is 13.2 Å². The lowest BCUT2D eigenvalue weighted by molar-refractivity contribution is 0.170. The van der Waals surface area contributed by atoms with Crippen molar-refractivity contribution in [3.8, 4) is 5.75 Å². The third-order valence-electron chi connectivity index (χ3n) is 3.56. The second-order valence-corrected chi connectivity index (χ2v) is 5.48. The maximum absolute atomic E-state index is 10.3. The number of ether oxygens (including phenoxy) is 1. The Morgan fingerprint density at radius 1 is 1.20 bits per heavy atom. The minimum absolute atomic E-state index is 0.519. The van der Waals surface area contributed by atoms with Crippen molar-refractivity contribution in [1.29, 1.82) is 0 Å². The Labute approximate surface area is 123 Å². The maximum atomic E-state index is 10.3. The van der Waals surface area contributed by atoms with Crippen LogP contribution in [0.2, 0.25) is 0 Å². The van der Waals surface area contributed by atoms with Crippen LogP contribution in [0.4, 0.5) is 0 Å². The molecule has 0 aliphatic rings. The Morgan fingerprint density at radius 2 is 1.95 bits per heavy atom. The van der Waals surface area contributed by atoms with Crippen LogP contribution in [0.1, 0.15) is 55.4 Å². The molecule has 3 heteroatoms. The van der Waals surface area contributed by atoms with Crippen molar-refractivity contribution in [3.63, 3.8) is 0 Å². The van der Waals surface area contributed by atoms with Crippen molar-refractivity contribution in [2.75, 3.05) is 20.2 Å². The predicted octanol–water partition coefficient (Wildman–Crippen LogP) is 3.52. The molecular weight excluding hydrogens is 250 g/mol. The van der Waals surface area contributed by atoms with E-state index < -0.39 is 6.10 Å². The van der Waals surface area contributed by atoms with Crippen molar-refractivity contribution < 1.29 is 9.84 Å². The first-order valence-corrected chi connectivity index (χ1v) is 7.64. The molecule has 0 fully saturated rings. The van der Waals surface area contributed by atoms with Gasteiger partial charge in [-0.3, -0.25) is 0 Å². The van der Waals surface area contributed by atoms with E-state index in [2.05, 4.69) is 18.3 Å². The standard InChI is InChI=1S/C17H29NO2/c1-5-6-7-8-9-18-12-16(19)15-11-13(2)10-14(3)17(15)20-4/h10-11,16,18-19H,5-9,12H2,1-4H3. The molecule has 0 bridgehead atoms. The zero-order chi connectivity index (χ0) is 15.0. The Morgan fingerprint density at radius 3 is 2.60 bits per heavy atom. The number of benzene rings is 1. The average molecular weight is 279 g/mol. The third kappa shape index (κ3) is 5.14. The van der Waals surface area contributed by atoms with Crippen LogP contribution in [0.25, 0.3) is 0 Å². The largest absolute Gasteiger partial charge is 0.496 e. The van der Waals surface area contributed by atoms with Crippen molar-refractivity contribution >= 4 is 0 Å². The van der Waals surface area contributed by atoms with Crippen molar-refractivity contribution in [2.45, 2.75) is 52.6 Å². The van der Waals surface area contributed by atoms with Gasteiger partial charge in [-0.1, -0.05) is 37.8 Å². The van der Waals surface area contributed by atoms with Gasteiger partial charge in [-0.05, 0) is 38.4 Å². The highest BCUT2D eigenvalue weighted by Gasteiger charge is 2.15. The van der Waals surface area contributed by atoms with Gasteiger partial charge in [-0.25, -0.2) is 0 Å². The summed E-state index contributed by atoms with van der Waals surface area (Å²) in [5, 5.41) is 13.7. The fourth-order valence-electron chi connectivity index (χ4n) is 2.54. The lowest BCUT2D eigenvalue weighted by Gasteiger charge is -2.18. The molecule has 0 saturated carbocycles. The SMILES string of the molecule is CCCCCCNCC(O)c1cc(C)cc(C)c1OC. The van der Waals surface area contributed by atoms with Crippen molar-refractivity contribution in [2.24, 2.45) is 0 Å². The third-order valence-corrected chi connectivity index (χ3v) is 3.56. The van der Waals surface area contributed by atoms with E-state index in [-0.39, 0.29) is 0 Å². The molecule has 2 N–H and O–H groups in total. The van der Waals surface area contributed by atoms with Gasteiger partial charge in [0.2, 0.25) is 0 Å². The fourth-order valence-corrected chi connectivity index (χ4v) is 2.54. The normalized spacial score (nSPS) is 12.4. The summed E-state index contributed by atoms with van der Waals surface area (Å²) in [5.41, 5.74) is 3.11. The molecule has 0 amide bonds. The predicted molar refractivity (Wildman–Crippen MR) is 84.4 cm³/mol. The minimum atomic E-state index is -0.519. The summed E-state index contributed by atoms with van der Waals surface area (Å²) in [4.78, 5) is 0. The number of aryl methyl sites for hydroxylation is 2. The molecule has 0 spiro atoms. The molecule has 1 atom stereocenters. The number of hydrogen-bond acceptors (Lipinski definition) is 3. The summed E-state index contributed by atoms with van der Waals surface area (Å²) in [5.74, 6) is 0.802. The van der Waals surface area contributed by atoms with Gasteiger partial charge in [0, 0.05) is 12.1 Å². The molecule has 1 aromatic carbocycles. The van der Waals surface area contributed by atoms with Crippen molar-refractivity contribution in [3.05, 3.63) is 28.8 Å². The minimum Gasteiger partial charge on any atom is -0.496 e. The number of nitrogens with one attached hydrogen (secondary N) is 1. The van der Waals surface area contributed by atoms with E-state index in [0.29, 0.717) is 6.54 Å². The lowest BCUT2D eigenvalue weighted by Crippen LogP contribution is -2.23. The van der Waals surface area contributed by atoms with Gasteiger partial charge in [0.1, 0.15) is 5.75 Å². The van der Waals surface area contributed by atoms with E-state index in [0.717, 1.165) is 29.0 Å². The van der Waals surface area contributed by atoms with Gasteiger partial charge in [0.15, 0.2) is 0 Å². The number of aliphatic hydroxyl groups is 1. The highest BCUT2D eigenvalue weighted by molar-refractivity contribution is 5.45. The Bertz CT molecular complexity index is 404. The first-order chi connectivity index (χ1) is 9.60. The molecule has 0 heterocycles. The van der Waals surface area contributed by atoms with Crippen LogP contribution < -0.4 is 10.1 Å². The van der Waals surface area contributed by atoms with Crippen LogP contribution in [0, 0.1) is 13.8 Å². The molecular formula is C17H29NO2. The molecule has 0 aliphatic carbocycles. The molecule has 20 heavy (non-hydrogen) atoms. The summed E-state index contributed by atoms with van der Waals surface area (Å²) in [7, 11) is 1.66. The summed E-state index contributed by atoms with van der Waals surface area (Å²) in [6.45, 7) is 7.81. The molecule has 1 aromatic rings. The molecule has 0 aliphatic heterocycles. The van der Waals surface area contributed by atoms with Crippen molar-refractivity contribution in [1.82, 2.24) is 5.32 Å². The number of methoxy groups -OCH3 is 1. The first kappa shape index (κ1) is 17.0. The first-order valence-electron chi connectivity index (χ1n) is 7.64. The highest BCUT2D eigenvalue weighted by Crippen LogP contribution is 2.29. The lowest BCUT2D eigenvalue weighted by atomic mass is 10.0. The maximum Gasteiger partial charge on any atom is 0.127 e. The average Bonchev–Trinajstić information content (AvgIpc) is 2.41. The van der Waals surface area contributed by atoms with E-state index >= 15 is 0 Å². The molecule has 0 radical (unpaired) electrons. The second-order valence-electron chi connectivity index (χ2n) is 5.48. The highest BCUT2D eigenvalue weighted by atomic mass is 16.5. The van der Waals surface area contributed by atoms with Crippen LogP contribution in [-0.4, -0.2) is 25.3 Å². The number of unbranched alkanes of at least 4 members (excludes halogenated alkanes) is 3. The van der Waals surface area contributed by atoms with Gasteiger partial charge in [0.25, 0.3) is 0 Å². The summed E-state index contributed by atoms with van der Waals surface area (Å²) < 4.78 is 5.42. The van der Waals surface area contributed by atoms with E-state index in [1.165, 1.54) is 25.7 Å². The molecule has 0 saturated heterocycles. The smallest absolute Gasteiger partial charge is 0.127 e. The van der Waals surface area contributed by atoms with Gasteiger partial charge in [-0.2, -0.15) is 0 Å².